The van der Waals surface area contributed by atoms with E-state index in [0.717, 1.165) is 30.9 Å². The summed E-state index contributed by atoms with van der Waals surface area (Å²) < 4.78 is 5.97. The van der Waals surface area contributed by atoms with Crippen LogP contribution in [0.3, 0.4) is 0 Å². The fourth-order valence-corrected chi connectivity index (χ4v) is 4.53. The minimum Gasteiger partial charge on any atom is -0.378 e. The molecule has 0 amide bonds. The van der Waals surface area contributed by atoms with Crippen molar-refractivity contribution in [1.82, 2.24) is 10.6 Å². The number of rotatable bonds is 9. The van der Waals surface area contributed by atoms with E-state index in [1.165, 1.54) is 70.0 Å². The summed E-state index contributed by atoms with van der Waals surface area (Å²) in [5.41, 5.74) is 0. The third-order valence-corrected chi connectivity index (χ3v) is 6.16. The Morgan fingerprint density at radius 3 is 2.65 bits per heavy atom. The third kappa shape index (κ3) is 8.30. The van der Waals surface area contributed by atoms with Gasteiger partial charge < -0.3 is 15.4 Å². The second-order valence-corrected chi connectivity index (χ2v) is 8.11. The molecule has 2 rings (SSSR count). The first-order valence-corrected chi connectivity index (χ1v) is 10.6. The van der Waals surface area contributed by atoms with Crippen molar-refractivity contribution in [3.05, 3.63) is 0 Å². The lowest BCUT2D eigenvalue weighted by molar-refractivity contribution is 0.0264. The summed E-state index contributed by atoms with van der Waals surface area (Å²) >= 11 is 2.08. The lowest BCUT2D eigenvalue weighted by atomic mass is 9.98. The highest BCUT2D eigenvalue weighted by Gasteiger charge is 2.15. The summed E-state index contributed by atoms with van der Waals surface area (Å²) in [5.74, 6) is 2.28. The van der Waals surface area contributed by atoms with Crippen molar-refractivity contribution >= 4 is 17.7 Å². The van der Waals surface area contributed by atoms with Gasteiger partial charge in [0.1, 0.15) is 0 Å². The van der Waals surface area contributed by atoms with Gasteiger partial charge >= 0.3 is 0 Å². The highest BCUT2D eigenvalue weighted by atomic mass is 32.2. The number of aliphatic imine (C=N–C) groups is 1. The Kier molecular flexibility index (Phi) is 9.88. The van der Waals surface area contributed by atoms with Crippen molar-refractivity contribution < 1.29 is 4.74 Å². The predicted molar refractivity (Wildman–Crippen MR) is 102 cm³/mol. The van der Waals surface area contributed by atoms with E-state index in [9.17, 15) is 0 Å². The van der Waals surface area contributed by atoms with Crippen molar-refractivity contribution in [1.29, 1.82) is 0 Å². The molecule has 1 heterocycles. The lowest BCUT2D eigenvalue weighted by Gasteiger charge is -2.21. The van der Waals surface area contributed by atoms with Crippen molar-refractivity contribution in [2.24, 2.45) is 4.99 Å². The molecule has 0 bridgehead atoms. The number of nitrogens with one attached hydrogen (secondary N) is 2. The Morgan fingerprint density at radius 1 is 1.04 bits per heavy atom. The first-order chi connectivity index (χ1) is 11.4. The Labute approximate surface area is 146 Å². The van der Waals surface area contributed by atoms with Gasteiger partial charge in [-0.3, -0.25) is 4.99 Å². The van der Waals surface area contributed by atoms with E-state index in [0.29, 0.717) is 6.10 Å². The average Bonchev–Trinajstić information content (AvgIpc) is 3.11. The van der Waals surface area contributed by atoms with Crippen molar-refractivity contribution in [2.45, 2.75) is 75.6 Å². The van der Waals surface area contributed by atoms with Crippen molar-refractivity contribution in [3.63, 3.8) is 0 Å². The molecule has 1 saturated carbocycles. The van der Waals surface area contributed by atoms with Crippen LogP contribution < -0.4 is 10.6 Å². The smallest absolute Gasteiger partial charge is 0.191 e. The van der Waals surface area contributed by atoms with Gasteiger partial charge in [0.25, 0.3) is 0 Å². The van der Waals surface area contributed by atoms with Gasteiger partial charge in [-0.15, -0.1) is 0 Å². The molecule has 1 saturated heterocycles. The molecule has 2 fully saturated rings. The van der Waals surface area contributed by atoms with E-state index in [1.54, 1.807) is 0 Å². The van der Waals surface area contributed by atoms with Gasteiger partial charge in [-0.05, 0) is 50.7 Å². The normalized spacial score (nSPS) is 23.2. The summed E-state index contributed by atoms with van der Waals surface area (Å²) in [7, 11) is 1.86. The van der Waals surface area contributed by atoms with Gasteiger partial charge in [0, 0.05) is 32.0 Å². The molecule has 0 aromatic carbocycles. The van der Waals surface area contributed by atoms with Crippen molar-refractivity contribution in [2.75, 3.05) is 32.5 Å². The molecule has 1 atom stereocenters. The second kappa shape index (κ2) is 12.0. The standard InChI is InChI=1S/C18H35N3OS/c1-19-18(21-15-17-11-8-14-23-17)20-12-6-3-7-13-22-16-9-4-2-5-10-16/h16-17H,2-15H2,1H3,(H2,19,20,21). The Morgan fingerprint density at radius 2 is 1.91 bits per heavy atom. The maximum atomic E-state index is 5.97. The zero-order valence-electron chi connectivity index (χ0n) is 14.8. The number of ether oxygens (including phenoxy) is 1. The first kappa shape index (κ1) is 18.9. The molecule has 2 aliphatic rings. The largest absolute Gasteiger partial charge is 0.378 e. The fraction of sp³-hybridized carbons (Fsp3) is 0.944. The minimum absolute atomic E-state index is 0.554. The first-order valence-electron chi connectivity index (χ1n) is 9.56. The Balaban J connectivity index is 1.41. The highest BCUT2D eigenvalue weighted by Crippen LogP contribution is 2.25. The summed E-state index contributed by atoms with van der Waals surface area (Å²) in [6, 6.07) is 0. The highest BCUT2D eigenvalue weighted by molar-refractivity contribution is 8.00. The summed E-state index contributed by atoms with van der Waals surface area (Å²) in [6.45, 7) is 2.98. The molecule has 2 N–H and O–H groups in total. The van der Waals surface area contributed by atoms with Gasteiger partial charge in [-0.1, -0.05) is 19.3 Å². The van der Waals surface area contributed by atoms with Crippen LogP contribution in [-0.2, 0) is 4.74 Å². The van der Waals surface area contributed by atoms with Crippen LogP contribution in [0.1, 0.15) is 64.2 Å². The van der Waals surface area contributed by atoms with Crippen LogP contribution in [0.2, 0.25) is 0 Å². The fourth-order valence-electron chi connectivity index (χ4n) is 3.33. The molecule has 23 heavy (non-hydrogen) atoms. The number of nitrogens with zero attached hydrogens (tertiary/aromatic N) is 1. The molecule has 0 radical (unpaired) electrons. The molecule has 0 aromatic heterocycles. The molecule has 1 unspecified atom stereocenters. The van der Waals surface area contributed by atoms with Crippen LogP contribution in [0, 0.1) is 0 Å². The van der Waals surface area contributed by atoms with Crippen molar-refractivity contribution in [3.8, 4) is 0 Å². The van der Waals surface area contributed by atoms with Crippen LogP contribution in [0.25, 0.3) is 0 Å². The van der Waals surface area contributed by atoms with E-state index in [-0.39, 0.29) is 0 Å². The van der Waals surface area contributed by atoms with Gasteiger partial charge in [-0.2, -0.15) is 11.8 Å². The Hall–Kier alpha value is -0.420. The maximum Gasteiger partial charge on any atom is 0.191 e. The summed E-state index contributed by atoms with van der Waals surface area (Å²) in [5, 5.41) is 7.64. The molecular weight excluding hydrogens is 306 g/mol. The van der Waals surface area contributed by atoms with E-state index < -0.39 is 0 Å². The molecule has 134 valence electrons. The van der Waals surface area contributed by atoms with Gasteiger partial charge in [-0.25, -0.2) is 0 Å². The number of guanidine groups is 1. The minimum atomic E-state index is 0.554. The molecule has 1 aliphatic heterocycles. The van der Waals surface area contributed by atoms with E-state index in [1.807, 2.05) is 7.05 Å². The lowest BCUT2D eigenvalue weighted by Crippen LogP contribution is -2.40. The maximum absolute atomic E-state index is 5.97. The Bertz CT molecular complexity index is 326. The number of hydrogen-bond donors (Lipinski definition) is 2. The zero-order chi connectivity index (χ0) is 16.2. The second-order valence-electron chi connectivity index (χ2n) is 6.71. The van der Waals surface area contributed by atoms with Crippen LogP contribution in [0.5, 0.6) is 0 Å². The quantitative estimate of drug-likeness (QED) is 0.382. The summed E-state index contributed by atoms with van der Waals surface area (Å²) in [4.78, 5) is 4.30. The van der Waals surface area contributed by atoms with Crippen LogP contribution in [-0.4, -0.2) is 49.8 Å². The topological polar surface area (TPSA) is 45.7 Å². The monoisotopic (exact) mass is 341 g/mol. The van der Waals surface area contributed by atoms with Crippen LogP contribution in [0.15, 0.2) is 4.99 Å². The van der Waals surface area contributed by atoms with Gasteiger partial charge in [0.05, 0.1) is 6.10 Å². The molecule has 0 aromatic rings. The van der Waals surface area contributed by atoms with E-state index in [4.69, 9.17) is 4.74 Å². The van der Waals surface area contributed by atoms with Crippen LogP contribution in [0.4, 0.5) is 0 Å². The van der Waals surface area contributed by atoms with Crippen LogP contribution >= 0.6 is 11.8 Å². The summed E-state index contributed by atoms with van der Waals surface area (Å²) in [6.07, 6.45) is 13.6. The number of unbranched alkanes of at least 4 members (excludes halogenated alkanes) is 2. The molecule has 5 heteroatoms. The molecular formula is C18H35N3OS. The van der Waals surface area contributed by atoms with Gasteiger partial charge in [0.2, 0.25) is 0 Å². The van der Waals surface area contributed by atoms with E-state index >= 15 is 0 Å². The molecule has 1 aliphatic carbocycles. The number of hydrogen-bond acceptors (Lipinski definition) is 3. The van der Waals surface area contributed by atoms with Gasteiger partial charge in [0.15, 0.2) is 5.96 Å². The predicted octanol–water partition coefficient (Wildman–Crippen LogP) is 3.57. The third-order valence-electron chi connectivity index (χ3n) is 4.76. The zero-order valence-corrected chi connectivity index (χ0v) is 15.6. The number of thioether (sulfide) groups is 1. The molecule has 4 nitrogen and oxygen atoms in total. The average molecular weight is 342 g/mol. The molecule has 0 spiro atoms. The SMILES string of the molecule is CN=C(NCCCCCOC1CCCCC1)NCC1CCCS1. The van der Waals surface area contributed by atoms with E-state index in [2.05, 4.69) is 27.4 Å².